The van der Waals surface area contributed by atoms with Gasteiger partial charge in [-0.05, 0) is 0 Å². The van der Waals surface area contributed by atoms with Crippen LogP contribution in [0.2, 0.25) is 0 Å². The van der Waals surface area contributed by atoms with E-state index in [1.165, 1.54) is 0 Å². The molecule has 0 amide bonds. The molecule has 2 unspecified atom stereocenters. The number of carbonyl (C=O) groups is 2. The summed E-state index contributed by atoms with van der Waals surface area (Å²) in [6.07, 6.45) is 0.415. The predicted molar refractivity (Wildman–Crippen MR) is 122 cm³/mol. The molecule has 0 heterocycles. The average Bonchev–Trinajstić information content (AvgIpc) is 2.74. The zero-order chi connectivity index (χ0) is 23.5. The van der Waals surface area contributed by atoms with Gasteiger partial charge >= 0.3 is 207 Å². The van der Waals surface area contributed by atoms with Gasteiger partial charge < -0.3 is 0 Å². The van der Waals surface area contributed by atoms with Crippen LogP contribution >= 0.6 is 52.2 Å². The van der Waals surface area contributed by atoms with Crippen molar-refractivity contribution in [2.75, 3.05) is 66.1 Å². The van der Waals surface area contributed by atoms with E-state index in [0.29, 0.717) is 52.9 Å². The van der Waals surface area contributed by atoms with E-state index >= 15 is 0 Å². The van der Waals surface area contributed by atoms with Crippen LogP contribution in [0.25, 0.3) is 0 Å². The number of ether oxygens (including phenoxy) is 5. The Hall–Kier alpha value is 2.47. The van der Waals surface area contributed by atoms with Crippen molar-refractivity contribution in [3.63, 3.8) is 0 Å². The maximum absolute atomic E-state index is 11.6. The van der Waals surface area contributed by atoms with Gasteiger partial charge in [-0.2, -0.15) is 0 Å². The summed E-state index contributed by atoms with van der Waals surface area (Å²) in [5, 5.41) is 0. The Kier molecular flexibility index (Phi) is 20.8. The van der Waals surface area contributed by atoms with Gasteiger partial charge in [0, 0.05) is 0 Å². The molecular weight excluding hydrogens is 700 g/mol. The van der Waals surface area contributed by atoms with Gasteiger partial charge in [-0.1, -0.05) is 0 Å². The first-order valence-electron chi connectivity index (χ1n) is 9.63. The fourth-order valence-corrected chi connectivity index (χ4v) is 9.67. The molecule has 162 valence electrons. The van der Waals surface area contributed by atoms with Crippen molar-refractivity contribution >= 4 is 59.8 Å². The topological polar surface area (TPSA) is 80.3 Å². The Bertz CT molecular complexity index is 527. The van der Waals surface area contributed by atoms with Gasteiger partial charge in [0.25, 0.3) is 0 Å². The number of halogens is 2. The van der Waals surface area contributed by atoms with E-state index in [0.717, 1.165) is 0 Å². The molecule has 0 aromatic carbocycles. The Morgan fingerprint density at radius 2 is 0.963 bits per heavy atom. The molecule has 7 nitrogen and oxygen atoms in total. The number of rotatable bonds is 22. The number of thiol groups is 2. The molecule has 0 saturated carbocycles. The van der Waals surface area contributed by atoms with Gasteiger partial charge in [0.1, 0.15) is 0 Å². The normalized spacial score (nSPS) is 16.4. The van der Waals surface area contributed by atoms with Crippen LogP contribution in [0.1, 0.15) is 12.8 Å². The zero-order valence-electron chi connectivity index (χ0n) is 18.8. The van der Waals surface area contributed by atoms with Crippen molar-refractivity contribution in [3.05, 3.63) is 0 Å². The Balaban J connectivity index is 3.29. The van der Waals surface area contributed by atoms with Crippen molar-refractivity contribution in [2.45, 2.75) is 12.8 Å². The van der Waals surface area contributed by atoms with Gasteiger partial charge in [0.2, 0.25) is 0 Å². The molecule has 0 rings (SSSR count). The standard InChI is InChI=1S/C14H28I2O7S2.2V/c17-13(15-24)1-3-19-5-7-21-9-11-23-12-10-22-8-6-20-4-2-14(18)16-25;;/h15-16,24-25H,1-12H2;;/i15T,16T,24D,25D;;. The summed E-state index contributed by atoms with van der Waals surface area (Å²) in [5.74, 6) is 0. The van der Waals surface area contributed by atoms with Crippen LogP contribution in [-0.2, 0) is 64.7 Å². The van der Waals surface area contributed by atoms with Gasteiger partial charge in [0.15, 0.2) is 0 Å². The van der Waals surface area contributed by atoms with Crippen molar-refractivity contribution in [2.24, 2.45) is 0 Å². The first-order valence-corrected chi connectivity index (χ1v) is 20.3. The first kappa shape index (κ1) is 22.7. The second-order valence-electron chi connectivity index (χ2n) is 4.56. The van der Waals surface area contributed by atoms with Crippen LogP contribution in [-0.4, -0.2) is 77.1 Å². The molecule has 0 aliphatic carbocycles. The van der Waals surface area contributed by atoms with Crippen molar-refractivity contribution in [1.82, 2.24) is 0 Å². The van der Waals surface area contributed by atoms with Crippen LogP contribution < -0.4 is 0 Å². The summed E-state index contributed by atoms with van der Waals surface area (Å²) in [6.45, 7) is 2.02. The SMILES string of the molecule is [2H][S](=[V])I([3H])C(=O)CCOCCOCCOCCOCCOCCC(=O)I([3H])[S]([2H])=[V]. The Morgan fingerprint density at radius 3 is 1.22 bits per heavy atom. The van der Waals surface area contributed by atoms with Crippen LogP contribution in [0, 0.1) is 0 Å². The molecule has 0 aromatic rings. The average molecular weight is 734 g/mol. The Labute approximate surface area is 204 Å². The van der Waals surface area contributed by atoms with E-state index in [-0.39, 0.29) is 33.6 Å². The second kappa shape index (κ2) is 24.7. The quantitative estimate of drug-likeness (QED) is 0.0764. The third-order valence-electron chi connectivity index (χ3n) is 2.62. The van der Waals surface area contributed by atoms with Crippen LogP contribution in [0.4, 0.5) is 0 Å². The number of hydrogen-bond acceptors (Lipinski definition) is 7. The Morgan fingerprint density at radius 1 is 0.704 bits per heavy atom. The fourth-order valence-electron chi connectivity index (χ4n) is 1.44. The molecule has 13 heteroatoms. The molecule has 0 aliphatic rings. The summed E-state index contributed by atoms with van der Waals surface area (Å²) in [6, 6.07) is 0. The van der Waals surface area contributed by atoms with Gasteiger partial charge in [-0.3, -0.25) is 0 Å². The fraction of sp³-hybridized carbons (Fsp3) is 0.857. The van der Waals surface area contributed by atoms with Crippen LogP contribution in [0.15, 0.2) is 0 Å². The van der Waals surface area contributed by atoms with E-state index in [1.807, 2.05) is 0 Å². The number of hydrogen-bond donors (Lipinski definition) is 2. The molecule has 27 heavy (non-hydrogen) atoms. The van der Waals surface area contributed by atoms with Crippen LogP contribution in [0.3, 0.4) is 0 Å². The van der Waals surface area contributed by atoms with Gasteiger partial charge in [-0.25, -0.2) is 0 Å². The molecule has 0 fully saturated rings. The van der Waals surface area contributed by atoms with Gasteiger partial charge in [0.05, 0.1) is 0 Å². The number of carbonyl (C=O) groups excluding carboxylic acids is 2. The van der Waals surface area contributed by atoms with Crippen molar-refractivity contribution in [3.8, 4) is 0 Å². The van der Waals surface area contributed by atoms with E-state index in [4.69, 9.17) is 27.1 Å². The molecule has 0 N–H and O–H groups in total. The third kappa shape index (κ3) is 24.6. The van der Waals surface area contributed by atoms with E-state index in [2.05, 4.69) is 31.4 Å². The van der Waals surface area contributed by atoms with Crippen molar-refractivity contribution < 1.29 is 64.7 Å². The summed E-state index contributed by atoms with van der Waals surface area (Å²) < 4.78 is 56.5. The summed E-state index contributed by atoms with van der Waals surface area (Å²) >= 11 is -0.916. The molecule has 0 spiro atoms. The minimum atomic E-state index is -2.54. The molecule has 0 aromatic heterocycles. The van der Waals surface area contributed by atoms with Crippen molar-refractivity contribution in [1.29, 1.82) is 3.44 Å². The maximum atomic E-state index is 11.6. The summed E-state index contributed by atoms with van der Waals surface area (Å²) in [4.78, 5) is 23.2. The monoisotopic (exact) mass is 734 g/mol. The third-order valence-corrected chi connectivity index (χ3v) is 12.6. The van der Waals surface area contributed by atoms with E-state index in [9.17, 15) is 9.59 Å². The molecular formula is C14H28I2O7S2V2. The predicted octanol–water partition coefficient (Wildman–Crippen LogP) is 1.99. The molecule has 0 saturated heterocycles. The molecule has 2 atom stereocenters. The van der Waals surface area contributed by atoms with Gasteiger partial charge in [-0.15, -0.1) is 0 Å². The van der Waals surface area contributed by atoms with E-state index in [1.54, 1.807) is 0 Å². The van der Waals surface area contributed by atoms with E-state index < -0.39 is 52.2 Å². The molecule has 0 bridgehead atoms. The summed E-state index contributed by atoms with van der Waals surface area (Å²) in [7, 11) is 0. The minimum absolute atomic E-state index is 0.125. The second-order valence-corrected chi connectivity index (χ2v) is 21.2. The van der Waals surface area contributed by atoms with Crippen LogP contribution in [0.5, 0.6) is 0 Å². The molecule has 0 radical (unpaired) electrons. The summed E-state index contributed by atoms with van der Waals surface area (Å²) in [5.41, 5.74) is 0. The first-order chi connectivity index (χ1) is 14.8. The molecule has 0 aliphatic heterocycles. The zero-order valence-corrected chi connectivity index (χ0v) is 23.6.